The maximum Gasteiger partial charge on any atom is 0.352 e. The van der Waals surface area contributed by atoms with Crippen LogP contribution >= 0.6 is 22.7 Å². The van der Waals surface area contributed by atoms with Crippen molar-refractivity contribution in [3.8, 4) is 5.75 Å². The largest absolute Gasteiger partial charge is 0.497 e. The highest BCUT2D eigenvalue weighted by atomic mass is 32.1. The molecule has 0 radical (unpaired) electrons. The molecule has 1 aromatic carbocycles. The Kier molecular flexibility index (Phi) is 5.11. The van der Waals surface area contributed by atoms with Crippen molar-refractivity contribution in [2.24, 2.45) is 0 Å². The summed E-state index contributed by atoms with van der Waals surface area (Å²) in [6.45, 7) is -0.00313. The molecule has 32 heavy (non-hydrogen) atoms. The molecule has 4 heterocycles. The van der Waals surface area contributed by atoms with Gasteiger partial charge in [-0.25, -0.2) is 13.9 Å². The summed E-state index contributed by atoms with van der Waals surface area (Å²) < 4.78 is 9.57. The Morgan fingerprint density at radius 3 is 2.78 bits per heavy atom. The SMILES string of the molecule is COc1cccc(NC(=O)Cn2nc3n(Cc4cccs4)c(=O)c4sccc4n3c2=O)c1. The van der Waals surface area contributed by atoms with Crippen molar-refractivity contribution in [1.29, 1.82) is 0 Å². The molecule has 4 aromatic heterocycles. The number of hydrogen-bond donors (Lipinski definition) is 1. The predicted molar refractivity (Wildman–Crippen MR) is 124 cm³/mol. The van der Waals surface area contributed by atoms with Crippen LogP contribution in [-0.2, 0) is 17.9 Å². The number of fused-ring (bicyclic) bond motifs is 3. The first kappa shape index (κ1) is 20.2. The van der Waals surface area contributed by atoms with E-state index in [1.54, 1.807) is 35.7 Å². The first-order valence-electron chi connectivity index (χ1n) is 9.61. The van der Waals surface area contributed by atoms with Crippen molar-refractivity contribution in [3.63, 3.8) is 0 Å². The predicted octanol–water partition coefficient (Wildman–Crippen LogP) is 2.63. The van der Waals surface area contributed by atoms with Crippen LogP contribution in [0.25, 0.3) is 16.0 Å². The highest BCUT2D eigenvalue weighted by Crippen LogP contribution is 2.19. The van der Waals surface area contributed by atoms with Gasteiger partial charge in [-0.3, -0.25) is 14.2 Å². The molecule has 1 amide bonds. The van der Waals surface area contributed by atoms with E-state index in [1.807, 2.05) is 17.5 Å². The van der Waals surface area contributed by atoms with Crippen LogP contribution in [0.3, 0.4) is 0 Å². The molecule has 5 aromatic rings. The van der Waals surface area contributed by atoms with E-state index in [4.69, 9.17) is 4.74 Å². The van der Waals surface area contributed by atoms with Gasteiger partial charge in [0.2, 0.25) is 11.7 Å². The summed E-state index contributed by atoms with van der Waals surface area (Å²) in [5, 5.41) is 10.8. The van der Waals surface area contributed by atoms with Crippen molar-refractivity contribution in [2.75, 3.05) is 12.4 Å². The molecular formula is C21H17N5O4S2. The second-order valence-electron chi connectivity index (χ2n) is 6.96. The van der Waals surface area contributed by atoms with E-state index in [0.29, 0.717) is 28.2 Å². The normalized spacial score (nSPS) is 11.3. The zero-order chi connectivity index (χ0) is 22.2. The van der Waals surface area contributed by atoms with E-state index in [-0.39, 0.29) is 17.9 Å². The van der Waals surface area contributed by atoms with E-state index >= 15 is 0 Å². The zero-order valence-corrected chi connectivity index (χ0v) is 18.5. The molecule has 9 nitrogen and oxygen atoms in total. The average molecular weight is 468 g/mol. The number of carbonyl (C=O) groups excluding carboxylic acids is 1. The van der Waals surface area contributed by atoms with Crippen LogP contribution in [0.15, 0.2) is 62.8 Å². The van der Waals surface area contributed by atoms with E-state index in [9.17, 15) is 14.4 Å². The summed E-state index contributed by atoms with van der Waals surface area (Å²) in [6, 6.07) is 12.5. The standard InChI is InChI=1S/C21H17N5O4S2/c1-30-14-5-2-4-13(10-14)22-17(27)12-25-21(29)26-16-7-9-32-18(16)19(28)24(20(26)23-25)11-15-6-3-8-31-15/h2-10H,11-12H2,1H3,(H,22,27). The Balaban J connectivity index is 1.56. The van der Waals surface area contributed by atoms with Gasteiger partial charge in [0.25, 0.3) is 5.56 Å². The molecule has 0 aliphatic carbocycles. The number of nitrogens with one attached hydrogen (secondary N) is 1. The number of hydrogen-bond acceptors (Lipinski definition) is 7. The fourth-order valence-corrected chi connectivity index (χ4v) is 4.99. The number of anilines is 1. The second-order valence-corrected chi connectivity index (χ2v) is 8.91. The van der Waals surface area contributed by atoms with Crippen molar-refractivity contribution in [3.05, 3.63) is 78.9 Å². The maximum atomic E-state index is 13.2. The summed E-state index contributed by atoms with van der Waals surface area (Å²) in [5.74, 6) is 0.385. The third-order valence-electron chi connectivity index (χ3n) is 4.93. The minimum Gasteiger partial charge on any atom is -0.497 e. The van der Waals surface area contributed by atoms with Gasteiger partial charge < -0.3 is 10.1 Å². The molecule has 162 valence electrons. The molecule has 0 bridgehead atoms. The van der Waals surface area contributed by atoms with Gasteiger partial charge in [0, 0.05) is 16.6 Å². The lowest BCUT2D eigenvalue weighted by atomic mass is 10.3. The third kappa shape index (κ3) is 3.51. The van der Waals surface area contributed by atoms with E-state index < -0.39 is 11.6 Å². The molecule has 0 aliphatic rings. The Labute approximate surface area is 188 Å². The lowest BCUT2D eigenvalue weighted by molar-refractivity contribution is -0.117. The summed E-state index contributed by atoms with van der Waals surface area (Å²) >= 11 is 2.79. The number of carbonyl (C=O) groups is 1. The number of nitrogens with zero attached hydrogens (tertiary/aromatic N) is 4. The van der Waals surface area contributed by atoms with Crippen molar-refractivity contribution in [2.45, 2.75) is 13.1 Å². The molecule has 0 atom stereocenters. The van der Waals surface area contributed by atoms with E-state index in [1.165, 1.54) is 38.8 Å². The lowest BCUT2D eigenvalue weighted by Crippen LogP contribution is -2.29. The molecule has 0 aliphatic heterocycles. The zero-order valence-electron chi connectivity index (χ0n) is 16.8. The van der Waals surface area contributed by atoms with Gasteiger partial charge in [-0.1, -0.05) is 12.1 Å². The average Bonchev–Trinajstić information content (AvgIpc) is 3.53. The minimum atomic E-state index is -0.482. The quantitative estimate of drug-likeness (QED) is 0.414. The lowest BCUT2D eigenvalue weighted by Gasteiger charge is -2.06. The summed E-state index contributed by atoms with van der Waals surface area (Å²) in [5.41, 5.74) is 0.334. The van der Waals surface area contributed by atoms with Gasteiger partial charge in [0.05, 0.1) is 19.2 Å². The van der Waals surface area contributed by atoms with Crippen molar-refractivity contribution >= 4 is 50.3 Å². The minimum absolute atomic E-state index is 0.202. The van der Waals surface area contributed by atoms with Gasteiger partial charge in [-0.2, -0.15) is 0 Å². The number of benzene rings is 1. The molecule has 11 heteroatoms. The molecule has 5 rings (SSSR count). The van der Waals surface area contributed by atoms with Gasteiger partial charge >= 0.3 is 5.69 Å². The van der Waals surface area contributed by atoms with Crippen LogP contribution in [0.2, 0.25) is 0 Å². The highest BCUT2D eigenvalue weighted by molar-refractivity contribution is 7.17. The monoisotopic (exact) mass is 467 g/mol. The second kappa shape index (κ2) is 8.09. The Morgan fingerprint density at radius 2 is 2.00 bits per heavy atom. The first-order chi connectivity index (χ1) is 15.5. The Bertz CT molecular complexity index is 1560. The van der Waals surface area contributed by atoms with Crippen LogP contribution < -0.4 is 21.3 Å². The van der Waals surface area contributed by atoms with Crippen molar-refractivity contribution < 1.29 is 9.53 Å². The Hall–Kier alpha value is -3.70. The molecular weight excluding hydrogens is 450 g/mol. The van der Waals surface area contributed by atoms with E-state index in [2.05, 4.69) is 10.4 Å². The maximum absolute atomic E-state index is 13.2. The van der Waals surface area contributed by atoms with Gasteiger partial charge in [-0.15, -0.1) is 27.8 Å². The molecule has 0 unspecified atom stereocenters. The smallest absolute Gasteiger partial charge is 0.352 e. The molecule has 0 spiro atoms. The molecule has 0 saturated carbocycles. The number of aromatic nitrogens is 4. The summed E-state index contributed by atoms with van der Waals surface area (Å²) in [6.07, 6.45) is 0. The molecule has 1 N–H and O–H groups in total. The third-order valence-corrected chi connectivity index (χ3v) is 6.68. The van der Waals surface area contributed by atoms with Crippen LogP contribution in [0.4, 0.5) is 5.69 Å². The van der Waals surface area contributed by atoms with Crippen molar-refractivity contribution in [1.82, 2.24) is 18.7 Å². The number of methoxy groups -OCH3 is 1. The van der Waals surface area contributed by atoms with Gasteiger partial charge in [-0.05, 0) is 35.0 Å². The topological polar surface area (TPSA) is 99.6 Å². The number of thiophene rings is 2. The fraction of sp³-hybridized carbons (Fsp3) is 0.143. The Morgan fingerprint density at radius 1 is 1.12 bits per heavy atom. The first-order valence-corrected chi connectivity index (χ1v) is 11.4. The highest BCUT2D eigenvalue weighted by Gasteiger charge is 2.20. The molecule has 0 fully saturated rings. The summed E-state index contributed by atoms with van der Waals surface area (Å²) in [7, 11) is 1.54. The van der Waals surface area contributed by atoms with Gasteiger partial charge in [0.1, 0.15) is 17.0 Å². The van der Waals surface area contributed by atoms with Crippen LogP contribution in [0, 0.1) is 0 Å². The van der Waals surface area contributed by atoms with Crippen LogP contribution in [0.5, 0.6) is 5.75 Å². The number of amides is 1. The van der Waals surface area contributed by atoms with Gasteiger partial charge in [0.15, 0.2) is 0 Å². The number of rotatable bonds is 6. The number of ether oxygens (including phenoxy) is 1. The van der Waals surface area contributed by atoms with E-state index in [0.717, 1.165) is 9.56 Å². The molecule has 0 saturated heterocycles. The fourth-order valence-electron chi connectivity index (χ4n) is 3.48. The summed E-state index contributed by atoms with van der Waals surface area (Å²) in [4.78, 5) is 39.8. The van der Waals surface area contributed by atoms with Crippen LogP contribution in [0.1, 0.15) is 4.88 Å². The van der Waals surface area contributed by atoms with Crippen LogP contribution in [-0.4, -0.2) is 31.8 Å².